The molecule has 2 amide bonds. The molecule has 0 spiro atoms. The first kappa shape index (κ1) is 33.1. The first-order valence-corrected chi connectivity index (χ1v) is 15.8. The molecule has 0 aliphatic carbocycles. The number of carbonyl (C=O) groups is 2. The van der Waals surface area contributed by atoms with E-state index in [1.54, 1.807) is 20.3 Å². The van der Waals surface area contributed by atoms with Gasteiger partial charge in [-0.25, -0.2) is 4.79 Å². The standard InChI is InChI=1S/C38H38N4O7/c1-45-33-18-25-14-16-42(23-27(25)19-34(33)46-2)15-13-24-9-11-28(12-10-24)40-37(43)30-20-35(47-3)36(48-4)21-32(30)41-38(44)49-29-17-26-7-5-6-8-31(26)39-22-29/h5-12,17-22H,13-16,23H2,1-4H3,(H,40,43)(H,41,44). The summed E-state index contributed by atoms with van der Waals surface area (Å²) in [5.41, 5.74) is 5.42. The number of fused-ring (bicyclic) bond motifs is 2. The average Bonchev–Trinajstić information content (AvgIpc) is 3.13. The third-order valence-electron chi connectivity index (χ3n) is 8.51. The Hall–Kier alpha value is -5.81. The molecule has 252 valence electrons. The van der Waals surface area contributed by atoms with Crippen LogP contribution in [-0.2, 0) is 19.4 Å². The molecule has 1 aromatic heterocycles. The fourth-order valence-corrected chi connectivity index (χ4v) is 5.89. The summed E-state index contributed by atoms with van der Waals surface area (Å²) in [5.74, 6) is 1.98. The van der Waals surface area contributed by atoms with Gasteiger partial charge in [0.25, 0.3) is 5.91 Å². The summed E-state index contributed by atoms with van der Waals surface area (Å²) in [4.78, 5) is 33.3. The molecular formula is C38H38N4O7. The number of hydrogen-bond acceptors (Lipinski definition) is 9. The first-order chi connectivity index (χ1) is 23.9. The minimum Gasteiger partial charge on any atom is -0.493 e. The maximum Gasteiger partial charge on any atom is 0.417 e. The minimum atomic E-state index is -0.793. The summed E-state index contributed by atoms with van der Waals surface area (Å²) in [7, 11) is 6.26. The lowest BCUT2D eigenvalue weighted by Crippen LogP contribution is -2.32. The largest absolute Gasteiger partial charge is 0.493 e. The van der Waals surface area contributed by atoms with Crippen LogP contribution in [0.2, 0.25) is 0 Å². The van der Waals surface area contributed by atoms with E-state index in [0.29, 0.717) is 17.2 Å². The smallest absolute Gasteiger partial charge is 0.417 e. The second-order valence-electron chi connectivity index (χ2n) is 11.5. The Labute approximate surface area is 284 Å². The van der Waals surface area contributed by atoms with Crippen molar-refractivity contribution in [1.82, 2.24) is 9.88 Å². The number of hydrogen-bond donors (Lipinski definition) is 2. The van der Waals surface area contributed by atoms with E-state index in [1.807, 2.05) is 48.5 Å². The molecule has 2 N–H and O–H groups in total. The third kappa shape index (κ3) is 7.68. The Morgan fingerprint density at radius 3 is 2.18 bits per heavy atom. The number of rotatable bonds is 11. The predicted molar refractivity (Wildman–Crippen MR) is 188 cm³/mol. The Balaban J connectivity index is 1.10. The maximum absolute atomic E-state index is 13.6. The predicted octanol–water partition coefficient (Wildman–Crippen LogP) is 6.73. The molecule has 1 aliphatic heterocycles. The quantitative estimate of drug-likeness (QED) is 0.159. The Kier molecular flexibility index (Phi) is 10.1. The number of nitrogens with zero attached hydrogens (tertiary/aromatic N) is 2. The van der Waals surface area contributed by atoms with E-state index < -0.39 is 12.0 Å². The van der Waals surface area contributed by atoms with Gasteiger partial charge in [-0.05, 0) is 72.0 Å². The molecule has 2 heterocycles. The van der Waals surface area contributed by atoms with E-state index in [-0.39, 0.29) is 17.0 Å². The molecule has 1 aliphatic rings. The second-order valence-corrected chi connectivity index (χ2v) is 11.5. The van der Waals surface area contributed by atoms with Crippen LogP contribution in [-0.4, -0.2) is 63.4 Å². The summed E-state index contributed by atoms with van der Waals surface area (Å²) in [5, 5.41) is 6.42. The van der Waals surface area contributed by atoms with Crippen LogP contribution >= 0.6 is 0 Å². The number of nitrogens with one attached hydrogen (secondary N) is 2. The molecule has 11 nitrogen and oxygen atoms in total. The number of pyridine rings is 1. The Bertz CT molecular complexity index is 1980. The van der Waals surface area contributed by atoms with E-state index in [2.05, 4.69) is 32.7 Å². The van der Waals surface area contributed by atoms with Crippen LogP contribution in [0, 0.1) is 0 Å². The molecule has 0 unspecified atom stereocenters. The highest BCUT2D eigenvalue weighted by molar-refractivity contribution is 6.10. The molecule has 0 fully saturated rings. The number of aromatic nitrogens is 1. The third-order valence-corrected chi connectivity index (χ3v) is 8.51. The highest BCUT2D eigenvalue weighted by atomic mass is 16.6. The Morgan fingerprint density at radius 1 is 0.776 bits per heavy atom. The monoisotopic (exact) mass is 662 g/mol. The van der Waals surface area contributed by atoms with Crippen molar-refractivity contribution in [1.29, 1.82) is 0 Å². The van der Waals surface area contributed by atoms with Gasteiger partial charge >= 0.3 is 6.09 Å². The van der Waals surface area contributed by atoms with Crippen molar-refractivity contribution in [2.45, 2.75) is 19.4 Å². The summed E-state index contributed by atoms with van der Waals surface area (Å²) >= 11 is 0. The molecule has 6 rings (SSSR count). The number of amides is 2. The molecule has 0 bridgehead atoms. The Morgan fingerprint density at radius 2 is 1.45 bits per heavy atom. The number of carbonyl (C=O) groups excluding carboxylic acids is 2. The van der Waals surface area contributed by atoms with Gasteiger partial charge in [0.2, 0.25) is 0 Å². The highest BCUT2D eigenvalue weighted by Gasteiger charge is 2.21. The van der Waals surface area contributed by atoms with Gasteiger partial charge in [-0.2, -0.15) is 0 Å². The van der Waals surface area contributed by atoms with Crippen LogP contribution < -0.4 is 34.3 Å². The van der Waals surface area contributed by atoms with Crippen LogP contribution in [0.25, 0.3) is 10.9 Å². The van der Waals surface area contributed by atoms with Crippen molar-refractivity contribution in [2.75, 3.05) is 52.2 Å². The maximum atomic E-state index is 13.6. The molecule has 0 radical (unpaired) electrons. The highest BCUT2D eigenvalue weighted by Crippen LogP contribution is 2.35. The molecule has 5 aromatic rings. The normalized spacial score (nSPS) is 12.5. The molecule has 0 atom stereocenters. The van der Waals surface area contributed by atoms with Crippen molar-refractivity contribution >= 4 is 34.3 Å². The summed E-state index contributed by atoms with van der Waals surface area (Å²) in [6.45, 7) is 2.70. The number of anilines is 2. The minimum absolute atomic E-state index is 0.162. The van der Waals surface area contributed by atoms with Crippen LogP contribution in [0.15, 0.2) is 85.1 Å². The van der Waals surface area contributed by atoms with Crippen molar-refractivity contribution in [3.63, 3.8) is 0 Å². The van der Waals surface area contributed by atoms with Gasteiger partial charge in [-0.1, -0.05) is 30.3 Å². The number of methoxy groups -OCH3 is 4. The van der Waals surface area contributed by atoms with Crippen molar-refractivity contribution < 1.29 is 33.3 Å². The molecule has 0 saturated carbocycles. The second kappa shape index (κ2) is 15.0. The number of para-hydroxylation sites is 1. The van der Waals surface area contributed by atoms with Crippen molar-refractivity contribution in [3.05, 3.63) is 107 Å². The van der Waals surface area contributed by atoms with Gasteiger partial charge in [0, 0.05) is 36.8 Å². The zero-order valence-electron chi connectivity index (χ0n) is 27.9. The van der Waals surface area contributed by atoms with Crippen LogP contribution in [0.3, 0.4) is 0 Å². The van der Waals surface area contributed by atoms with Gasteiger partial charge in [0.1, 0.15) is 0 Å². The number of ether oxygens (including phenoxy) is 5. The zero-order valence-corrected chi connectivity index (χ0v) is 27.9. The van der Waals surface area contributed by atoms with Gasteiger partial charge in [0.05, 0.1) is 51.4 Å². The molecule has 4 aromatic carbocycles. The van der Waals surface area contributed by atoms with E-state index in [4.69, 9.17) is 23.7 Å². The van der Waals surface area contributed by atoms with Gasteiger partial charge in [0.15, 0.2) is 28.7 Å². The fourth-order valence-electron chi connectivity index (χ4n) is 5.89. The zero-order chi connectivity index (χ0) is 34.3. The van der Waals surface area contributed by atoms with Crippen LogP contribution in [0.4, 0.5) is 16.2 Å². The molecule has 0 saturated heterocycles. The average molecular weight is 663 g/mol. The van der Waals surface area contributed by atoms with Crippen LogP contribution in [0.5, 0.6) is 28.7 Å². The van der Waals surface area contributed by atoms with Gasteiger partial charge < -0.3 is 29.0 Å². The van der Waals surface area contributed by atoms with E-state index in [0.717, 1.165) is 60.4 Å². The van der Waals surface area contributed by atoms with E-state index in [1.165, 1.54) is 43.7 Å². The fraction of sp³-hybridized carbons (Fsp3) is 0.237. The SMILES string of the molecule is COc1cc2c(cc1OC)CN(CCc1ccc(NC(=O)c3cc(OC)c(OC)cc3NC(=O)Oc3cnc4ccccc4c3)cc1)CC2. The lowest BCUT2D eigenvalue weighted by atomic mass is 9.98. The molecule has 49 heavy (non-hydrogen) atoms. The van der Waals surface area contributed by atoms with Gasteiger partial charge in [-0.3, -0.25) is 20.0 Å². The molecular weight excluding hydrogens is 624 g/mol. The lowest BCUT2D eigenvalue weighted by molar-refractivity contribution is 0.102. The topological polar surface area (TPSA) is 120 Å². The first-order valence-electron chi connectivity index (χ1n) is 15.8. The van der Waals surface area contributed by atoms with Crippen molar-refractivity contribution in [3.8, 4) is 28.7 Å². The van der Waals surface area contributed by atoms with Crippen molar-refractivity contribution in [2.24, 2.45) is 0 Å². The number of benzene rings is 4. The summed E-state index contributed by atoms with van der Waals surface area (Å²) < 4.78 is 27.3. The molecule has 11 heteroatoms. The van der Waals surface area contributed by atoms with E-state index in [9.17, 15) is 9.59 Å². The summed E-state index contributed by atoms with van der Waals surface area (Å²) in [6, 6.07) is 24.1. The summed E-state index contributed by atoms with van der Waals surface area (Å²) in [6.07, 6.45) is 2.48. The van der Waals surface area contributed by atoms with Gasteiger partial charge in [-0.15, -0.1) is 0 Å². The van der Waals surface area contributed by atoms with Crippen LogP contribution in [0.1, 0.15) is 27.0 Å². The lowest BCUT2D eigenvalue weighted by Gasteiger charge is -2.29. The van der Waals surface area contributed by atoms with E-state index >= 15 is 0 Å².